The maximum Gasteiger partial charge on any atom is 0.336 e. The van der Waals surface area contributed by atoms with Gasteiger partial charge in [0.2, 0.25) is 0 Å². The molecule has 0 bridgehead atoms. The molecule has 0 unspecified atom stereocenters. The quantitative estimate of drug-likeness (QED) is 0.243. The summed E-state index contributed by atoms with van der Waals surface area (Å²) in [6, 6.07) is 0. The van der Waals surface area contributed by atoms with Crippen molar-refractivity contribution in [2.45, 2.75) is 65.2 Å². The van der Waals surface area contributed by atoms with Gasteiger partial charge in [-0.1, -0.05) is 52.2 Å². The van der Waals surface area contributed by atoms with Crippen molar-refractivity contribution in [1.29, 1.82) is 0 Å². The van der Waals surface area contributed by atoms with E-state index in [2.05, 4.69) is 31.1 Å². The summed E-state index contributed by atoms with van der Waals surface area (Å²) in [4.78, 5) is 24.2. The number of carboxylic acid groups (broad SMARTS) is 1. The smallest absolute Gasteiger partial charge is 0.336 e. The van der Waals surface area contributed by atoms with Crippen molar-refractivity contribution in [2.24, 2.45) is 0 Å². The zero-order valence-electron chi connectivity index (χ0n) is 16.7. The molecule has 27 heavy (non-hydrogen) atoms. The van der Waals surface area contributed by atoms with Crippen molar-refractivity contribution in [3.8, 4) is 0 Å². The molecule has 0 aromatic carbocycles. The highest BCUT2D eigenvalue weighted by Crippen LogP contribution is 2.29. The number of hydrogen-bond donors (Lipinski definition) is 3. The molecule has 1 aliphatic carbocycles. The van der Waals surface area contributed by atoms with Crippen molar-refractivity contribution in [2.75, 3.05) is 19.7 Å². The van der Waals surface area contributed by atoms with E-state index in [0.29, 0.717) is 35.6 Å². The van der Waals surface area contributed by atoms with Crippen LogP contribution in [0, 0.1) is 0 Å². The summed E-state index contributed by atoms with van der Waals surface area (Å²) in [6.45, 7) is 9.37. The van der Waals surface area contributed by atoms with E-state index >= 15 is 0 Å². The average molecular weight is 379 g/mol. The van der Waals surface area contributed by atoms with Crippen LogP contribution in [0.2, 0.25) is 0 Å². The lowest BCUT2D eigenvalue weighted by Crippen LogP contribution is -2.30. The van der Waals surface area contributed by atoms with Gasteiger partial charge in [0.05, 0.1) is 11.1 Å². The van der Waals surface area contributed by atoms with Crippen LogP contribution in [0.25, 0.3) is 0 Å². The van der Waals surface area contributed by atoms with Crippen molar-refractivity contribution >= 4 is 11.9 Å². The Hall–Kier alpha value is -2.24. The monoisotopic (exact) mass is 378 g/mol. The van der Waals surface area contributed by atoms with E-state index in [-0.39, 0.29) is 19.4 Å². The first-order chi connectivity index (χ1) is 13.0. The molecule has 0 heterocycles. The van der Waals surface area contributed by atoms with Gasteiger partial charge in [-0.3, -0.25) is 0 Å². The third-order valence-electron chi connectivity index (χ3n) is 4.51. The molecular weight excluding hydrogens is 344 g/mol. The fourth-order valence-electron chi connectivity index (χ4n) is 2.97. The molecular formula is C21H34N2O4. The van der Waals surface area contributed by atoms with Gasteiger partial charge in [-0.25, -0.2) is 9.59 Å². The fourth-order valence-corrected chi connectivity index (χ4v) is 2.97. The summed E-state index contributed by atoms with van der Waals surface area (Å²) in [5.41, 5.74) is 2.11. The van der Waals surface area contributed by atoms with Gasteiger partial charge in [0, 0.05) is 37.3 Å². The first-order valence-electron chi connectivity index (χ1n) is 9.98. The number of nitrogens with one attached hydrogen (secondary N) is 2. The van der Waals surface area contributed by atoms with Crippen LogP contribution in [0.4, 0.5) is 0 Å². The van der Waals surface area contributed by atoms with Crippen LogP contribution < -0.4 is 10.6 Å². The van der Waals surface area contributed by atoms with Crippen molar-refractivity contribution in [1.82, 2.24) is 10.6 Å². The first-order valence-corrected chi connectivity index (χ1v) is 9.98. The van der Waals surface area contributed by atoms with Gasteiger partial charge in [-0.2, -0.15) is 0 Å². The number of rotatable bonds is 14. The molecule has 0 fully saturated rings. The Labute approximate surface area is 162 Å². The first kappa shape index (κ1) is 22.8. The summed E-state index contributed by atoms with van der Waals surface area (Å²) in [6.07, 6.45) is 8.28. The fraction of sp³-hybridized carbons (Fsp3) is 0.619. The normalized spacial score (nSPS) is 14.1. The molecule has 0 saturated carbocycles. The molecule has 0 saturated heterocycles. The van der Waals surface area contributed by atoms with Crippen molar-refractivity contribution < 1.29 is 19.4 Å². The molecule has 1 rings (SSSR count). The molecule has 0 radical (unpaired) electrons. The predicted molar refractivity (Wildman–Crippen MR) is 107 cm³/mol. The van der Waals surface area contributed by atoms with Crippen LogP contribution in [0.5, 0.6) is 0 Å². The maximum absolute atomic E-state index is 12.5. The van der Waals surface area contributed by atoms with Crippen LogP contribution in [-0.4, -0.2) is 36.7 Å². The zero-order chi connectivity index (χ0) is 20.1. The Kier molecular flexibility index (Phi) is 11.0. The summed E-state index contributed by atoms with van der Waals surface area (Å²) in [7, 11) is 0. The second kappa shape index (κ2) is 13.0. The van der Waals surface area contributed by atoms with Crippen molar-refractivity contribution in [3.05, 3.63) is 35.2 Å². The van der Waals surface area contributed by atoms with Crippen molar-refractivity contribution in [3.63, 3.8) is 0 Å². The molecule has 1 aliphatic rings. The Morgan fingerprint density at radius 1 is 1.00 bits per heavy atom. The van der Waals surface area contributed by atoms with Crippen LogP contribution in [-0.2, 0) is 14.3 Å². The number of esters is 1. The highest BCUT2D eigenvalue weighted by atomic mass is 16.5. The van der Waals surface area contributed by atoms with E-state index in [9.17, 15) is 14.7 Å². The lowest BCUT2D eigenvalue weighted by molar-refractivity contribution is -0.138. The van der Waals surface area contributed by atoms with Gasteiger partial charge in [-0.15, -0.1) is 0 Å². The molecule has 0 aliphatic heterocycles. The number of carbonyl (C=O) groups is 2. The van der Waals surface area contributed by atoms with E-state index in [4.69, 9.17) is 4.74 Å². The predicted octanol–water partition coefficient (Wildman–Crippen LogP) is 3.66. The number of unbranched alkanes of at least 4 members (excludes halogenated alkanes) is 4. The highest BCUT2D eigenvalue weighted by molar-refractivity contribution is 5.94. The van der Waals surface area contributed by atoms with Crippen LogP contribution in [0.1, 0.15) is 65.2 Å². The van der Waals surface area contributed by atoms with Gasteiger partial charge >= 0.3 is 11.9 Å². The highest BCUT2D eigenvalue weighted by Gasteiger charge is 2.28. The second-order valence-corrected chi connectivity index (χ2v) is 6.73. The van der Waals surface area contributed by atoms with Crippen LogP contribution in [0.3, 0.4) is 0 Å². The third-order valence-corrected chi connectivity index (χ3v) is 4.51. The molecule has 0 aromatic rings. The molecule has 6 nitrogen and oxygen atoms in total. The van der Waals surface area contributed by atoms with Crippen LogP contribution in [0.15, 0.2) is 35.2 Å². The standard InChI is InChI=1S/C21H34N2O4/c1-4-7-9-11-22-18-15-17(21(26)27-13-6-3)19(14-16(18)20(24)25)23-12-10-8-5-2/h6,22-23H,3-5,7-15H2,1-2H3,(H,24,25). The molecule has 0 aromatic heterocycles. The zero-order valence-corrected chi connectivity index (χ0v) is 16.7. The van der Waals surface area contributed by atoms with E-state index in [1.54, 1.807) is 0 Å². The number of hydrogen-bond acceptors (Lipinski definition) is 5. The average Bonchev–Trinajstić information content (AvgIpc) is 2.66. The van der Waals surface area contributed by atoms with E-state index in [1.807, 2.05) is 0 Å². The second-order valence-electron chi connectivity index (χ2n) is 6.73. The van der Waals surface area contributed by atoms with Gasteiger partial charge in [0.25, 0.3) is 0 Å². The number of carboxylic acids is 1. The Balaban J connectivity index is 2.94. The molecule has 0 amide bonds. The molecule has 0 spiro atoms. The summed E-state index contributed by atoms with van der Waals surface area (Å²) >= 11 is 0. The van der Waals surface area contributed by atoms with E-state index in [1.165, 1.54) is 6.08 Å². The van der Waals surface area contributed by atoms with E-state index < -0.39 is 11.9 Å². The number of aliphatic carboxylic acids is 1. The van der Waals surface area contributed by atoms with Gasteiger partial charge in [0.15, 0.2) is 0 Å². The van der Waals surface area contributed by atoms with E-state index in [0.717, 1.165) is 38.5 Å². The SMILES string of the molecule is C=CCOC(=O)C1=C(NCCCCC)CC(C(=O)O)=C(NCCCCC)C1. The third kappa shape index (κ3) is 7.89. The largest absolute Gasteiger partial charge is 0.478 e. The topological polar surface area (TPSA) is 87.7 Å². The summed E-state index contributed by atoms with van der Waals surface area (Å²) < 4.78 is 5.22. The number of carbonyl (C=O) groups excluding carboxylic acids is 1. The minimum absolute atomic E-state index is 0.139. The summed E-state index contributed by atoms with van der Waals surface area (Å²) in [5, 5.41) is 16.1. The molecule has 152 valence electrons. The summed E-state index contributed by atoms with van der Waals surface area (Å²) in [5.74, 6) is -1.36. The van der Waals surface area contributed by atoms with Gasteiger partial charge < -0.3 is 20.5 Å². The minimum Gasteiger partial charge on any atom is -0.478 e. The Bertz CT molecular complexity index is 579. The molecule has 6 heteroatoms. The Morgan fingerprint density at radius 2 is 1.52 bits per heavy atom. The lowest BCUT2D eigenvalue weighted by Gasteiger charge is -2.25. The molecule has 0 atom stereocenters. The number of ether oxygens (including phenoxy) is 1. The van der Waals surface area contributed by atoms with Crippen LogP contribution >= 0.6 is 0 Å². The lowest BCUT2D eigenvalue weighted by atomic mass is 9.92. The minimum atomic E-state index is -0.945. The molecule has 3 N–H and O–H groups in total. The Morgan fingerprint density at radius 3 is 2.00 bits per heavy atom. The van der Waals surface area contributed by atoms with Gasteiger partial charge in [-0.05, 0) is 12.8 Å². The maximum atomic E-state index is 12.5. The van der Waals surface area contributed by atoms with Gasteiger partial charge in [0.1, 0.15) is 6.61 Å². The number of allylic oxidation sites excluding steroid dienone is 2.